The van der Waals surface area contributed by atoms with Crippen LogP contribution in [-0.2, 0) is 17.8 Å². The van der Waals surface area contributed by atoms with Crippen molar-refractivity contribution < 1.29 is 9.90 Å². The SMILES string of the molecule is CCn1ncnc1CC(C)C(C)C(=O)O. The number of carbonyl (C=O) groups is 1. The predicted molar refractivity (Wildman–Crippen MR) is 55.4 cm³/mol. The average molecular weight is 211 g/mol. The fourth-order valence-electron chi connectivity index (χ4n) is 1.42. The molecule has 5 nitrogen and oxygen atoms in total. The van der Waals surface area contributed by atoms with Gasteiger partial charge in [0.05, 0.1) is 5.92 Å². The first-order valence-electron chi connectivity index (χ1n) is 5.15. The van der Waals surface area contributed by atoms with Crippen molar-refractivity contribution in [3.05, 3.63) is 12.2 Å². The zero-order chi connectivity index (χ0) is 11.4. The Morgan fingerprint density at radius 2 is 2.27 bits per heavy atom. The zero-order valence-corrected chi connectivity index (χ0v) is 9.34. The highest BCUT2D eigenvalue weighted by molar-refractivity contribution is 5.69. The first kappa shape index (κ1) is 11.7. The molecule has 1 heterocycles. The molecule has 0 aliphatic heterocycles. The normalized spacial score (nSPS) is 14.9. The monoisotopic (exact) mass is 211 g/mol. The Hall–Kier alpha value is -1.39. The summed E-state index contributed by atoms with van der Waals surface area (Å²) in [6.07, 6.45) is 2.16. The van der Waals surface area contributed by atoms with Gasteiger partial charge in [0.2, 0.25) is 0 Å². The van der Waals surface area contributed by atoms with Gasteiger partial charge in [0.15, 0.2) is 0 Å². The van der Waals surface area contributed by atoms with Gasteiger partial charge in [-0.15, -0.1) is 0 Å². The number of hydrogen-bond acceptors (Lipinski definition) is 3. The molecule has 0 bridgehead atoms. The van der Waals surface area contributed by atoms with Crippen molar-refractivity contribution in [2.24, 2.45) is 11.8 Å². The molecule has 0 radical (unpaired) electrons. The molecule has 84 valence electrons. The van der Waals surface area contributed by atoms with Crippen molar-refractivity contribution in [2.75, 3.05) is 0 Å². The van der Waals surface area contributed by atoms with Crippen molar-refractivity contribution in [3.63, 3.8) is 0 Å². The maximum atomic E-state index is 10.8. The Labute approximate surface area is 89.1 Å². The summed E-state index contributed by atoms with van der Waals surface area (Å²) in [6.45, 7) is 6.40. The Bertz CT molecular complexity index is 335. The van der Waals surface area contributed by atoms with E-state index in [0.29, 0.717) is 6.42 Å². The number of aromatic nitrogens is 3. The molecule has 5 heteroatoms. The minimum atomic E-state index is -0.759. The van der Waals surface area contributed by atoms with E-state index in [0.717, 1.165) is 12.4 Å². The van der Waals surface area contributed by atoms with E-state index in [9.17, 15) is 4.79 Å². The number of aliphatic carboxylic acids is 1. The summed E-state index contributed by atoms with van der Waals surface area (Å²) >= 11 is 0. The van der Waals surface area contributed by atoms with Gasteiger partial charge in [0.1, 0.15) is 12.2 Å². The first-order chi connectivity index (χ1) is 7.06. The molecule has 0 aromatic carbocycles. The lowest BCUT2D eigenvalue weighted by atomic mass is 9.93. The van der Waals surface area contributed by atoms with Crippen LogP contribution in [0.4, 0.5) is 0 Å². The minimum absolute atomic E-state index is 0.0667. The molecular weight excluding hydrogens is 194 g/mol. The van der Waals surface area contributed by atoms with Gasteiger partial charge in [0.25, 0.3) is 0 Å². The number of nitrogens with zero attached hydrogens (tertiary/aromatic N) is 3. The summed E-state index contributed by atoms with van der Waals surface area (Å²) in [5.41, 5.74) is 0. The van der Waals surface area contributed by atoms with Crippen LogP contribution in [-0.4, -0.2) is 25.8 Å². The molecule has 0 saturated carbocycles. The molecule has 0 spiro atoms. The van der Waals surface area contributed by atoms with Crippen molar-refractivity contribution in [2.45, 2.75) is 33.7 Å². The molecule has 1 aromatic heterocycles. The van der Waals surface area contributed by atoms with E-state index in [4.69, 9.17) is 5.11 Å². The highest BCUT2D eigenvalue weighted by Gasteiger charge is 2.21. The summed E-state index contributed by atoms with van der Waals surface area (Å²) in [5, 5.41) is 12.9. The van der Waals surface area contributed by atoms with Crippen LogP contribution < -0.4 is 0 Å². The van der Waals surface area contributed by atoms with Crippen LogP contribution in [0.15, 0.2) is 6.33 Å². The third-order valence-corrected chi connectivity index (χ3v) is 2.74. The number of hydrogen-bond donors (Lipinski definition) is 1. The quantitative estimate of drug-likeness (QED) is 0.794. The Balaban J connectivity index is 2.65. The largest absolute Gasteiger partial charge is 0.481 e. The summed E-state index contributed by atoms with van der Waals surface area (Å²) in [6, 6.07) is 0. The molecule has 0 aliphatic carbocycles. The number of aryl methyl sites for hydroxylation is 1. The van der Waals surface area contributed by atoms with Crippen LogP contribution in [0.5, 0.6) is 0 Å². The molecular formula is C10H17N3O2. The molecule has 0 aliphatic rings. The van der Waals surface area contributed by atoms with Gasteiger partial charge in [-0.25, -0.2) is 4.98 Å². The molecule has 2 unspecified atom stereocenters. The van der Waals surface area contributed by atoms with Crippen molar-refractivity contribution >= 4 is 5.97 Å². The Morgan fingerprint density at radius 1 is 1.60 bits per heavy atom. The topological polar surface area (TPSA) is 68.0 Å². The standard InChI is InChI=1S/C10H17N3O2/c1-4-13-9(11-6-12-13)5-7(2)8(3)10(14)15/h6-8H,4-5H2,1-3H3,(H,14,15). The van der Waals surface area contributed by atoms with E-state index in [1.54, 1.807) is 11.6 Å². The van der Waals surface area contributed by atoms with Crippen LogP contribution in [0.25, 0.3) is 0 Å². The maximum Gasteiger partial charge on any atom is 0.306 e. The summed E-state index contributed by atoms with van der Waals surface area (Å²) < 4.78 is 1.80. The van der Waals surface area contributed by atoms with Gasteiger partial charge in [-0.1, -0.05) is 13.8 Å². The summed E-state index contributed by atoms with van der Waals surface area (Å²) in [7, 11) is 0. The number of carboxylic acid groups (broad SMARTS) is 1. The Kier molecular flexibility index (Phi) is 3.82. The number of carboxylic acids is 1. The van der Waals surface area contributed by atoms with E-state index in [2.05, 4.69) is 10.1 Å². The van der Waals surface area contributed by atoms with Crippen molar-refractivity contribution in [1.29, 1.82) is 0 Å². The van der Waals surface area contributed by atoms with Gasteiger partial charge >= 0.3 is 5.97 Å². The van der Waals surface area contributed by atoms with Crippen LogP contribution in [0.1, 0.15) is 26.6 Å². The third-order valence-electron chi connectivity index (χ3n) is 2.74. The highest BCUT2D eigenvalue weighted by atomic mass is 16.4. The van der Waals surface area contributed by atoms with Crippen molar-refractivity contribution in [1.82, 2.24) is 14.8 Å². The van der Waals surface area contributed by atoms with Crippen molar-refractivity contribution in [3.8, 4) is 0 Å². The lowest BCUT2D eigenvalue weighted by Gasteiger charge is -2.15. The fraction of sp³-hybridized carbons (Fsp3) is 0.700. The average Bonchev–Trinajstić information content (AvgIpc) is 2.63. The second-order valence-electron chi connectivity index (χ2n) is 3.80. The van der Waals surface area contributed by atoms with E-state index >= 15 is 0 Å². The Morgan fingerprint density at radius 3 is 2.80 bits per heavy atom. The lowest BCUT2D eigenvalue weighted by molar-refractivity contribution is -0.142. The molecule has 1 rings (SSSR count). The molecule has 0 amide bonds. The summed E-state index contributed by atoms with van der Waals surface area (Å²) in [5.74, 6) is -0.188. The van der Waals surface area contributed by atoms with Gasteiger partial charge in [0, 0.05) is 13.0 Å². The first-order valence-corrected chi connectivity index (χ1v) is 5.15. The van der Waals surface area contributed by atoms with Gasteiger partial charge in [-0.3, -0.25) is 9.48 Å². The third kappa shape index (κ3) is 2.78. The molecule has 0 saturated heterocycles. The van der Waals surface area contributed by atoms with Crippen LogP contribution >= 0.6 is 0 Å². The van der Waals surface area contributed by atoms with Crippen LogP contribution in [0, 0.1) is 11.8 Å². The molecule has 2 atom stereocenters. The van der Waals surface area contributed by atoms with Crippen LogP contribution in [0.3, 0.4) is 0 Å². The van der Waals surface area contributed by atoms with Gasteiger partial charge < -0.3 is 5.11 Å². The van der Waals surface area contributed by atoms with Crippen LogP contribution in [0.2, 0.25) is 0 Å². The minimum Gasteiger partial charge on any atom is -0.481 e. The van der Waals surface area contributed by atoms with Gasteiger partial charge in [-0.05, 0) is 12.8 Å². The molecule has 15 heavy (non-hydrogen) atoms. The smallest absolute Gasteiger partial charge is 0.306 e. The molecule has 1 N–H and O–H groups in total. The highest BCUT2D eigenvalue weighted by Crippen LogP contribution is 2.15. The van der Waals surface area contributed by atoms with E-state index < -0.39 is 5.97 Å². The van der Waals surface area contributed by atoms with E-state index in [-0.39, 0.29) is 11.8 Å². The number of rotatable bonds is 5. The van der Waals surface area contributed by atoms with E-state index in [1.165, 1.54) is 6.33 Å². The second-order valence-corrected chi connectivity index (χ2v) is 3.80. The second kappa shape index (κ2) is 4.91. The predicted octanol–water partition coefficient (Wildman–Crippen LogP) is 1.20. The summed E-state index contributed by atoms with van der Waals surface area (Å²) in [4.78, 5) is 14.9. The van der Waals surface area contributed by atoms with E-state index in [1.807, 2.05) is 13.8 Å². The molecule has 1 aromatic rings. The lowest BCUT2D eigenvalue weighted by Crippen LogP contribution is -2.21. The zero-order valence-electron chi connectivity index (χ0n) is 9.34. The fourth-order valence-corrected chi connectivity index (χ4v) is 1.42. The maximum absolute atomic E-state index is 10.8. The molecule has 0 fully saturated rings. The van der Waals surface area contributed by atoms with Gasteiger partial charge in [-0.2, -0.15) is 5.10 Å².